The van der Waals surface area contributed by atoms with Crippen LogP contribution in [0.5, 0.6) is 0 Å². The molecule has 42 heavy (non-hydrogen) atoms. The number of methoxy groups -OCH3 is 1. The Bertz CT molecular complexity index is 1680. The number of nitrogens with one attached hydrogen (secondary N) is 2. The molecule has 14 nitrogen and oxygen atoms in total. The molecule has 3 amide bonds. The summed E-state index contributed by atoms with van der Waals surface area (Å²) in [4.78, 5) is 43.0. The van der Waals surface area contributed by atoms with Crippen molar-refractivity contribution in [2.75, 3.05) is 19.5 Å². The summed E-state index contributed by atoms with van der Waals surface area (Å²) in [6.07, 6.45) is -4.35. The molecule has 0 fully saturated rings. The van der Waals surface area contributed by atoms with Gasteiger partial charge in [-0.3, -0.25) is 15.0 Å². The molecule has 4 rings (SSSR count). The van der Waals surface area contributed by atoms with E-state index in [1.807, 2.05) is 0 Å². The number of amides is 3. The van der Waals surface area contributed by atoms with E-state index in [9.17, 15) is 27.6 Å². The average molecular weight is 648 g/mol. The lowest BCUT2D eigenvalue weighted by Crippen LogP contribution is -2.43. The van der Waals surface area contributed by atoms with Gasteiger partial charge >= 0.3 is 12.3 Å². The number of alkyl halides is 3. The third-order valence-corrected chi connectivity index (χ3v) is 6.01. The molecule has 0 atom stereocenters. The van der Waals surface area contributed by atoms with E-state index in [0.29, 0.717) is 4.80 Å². The number of anilines is 1. The van der Waals surface area contributed by atoms with Crippen LogP contribution in [-0.2, 0) is 17.5 Å². The fraction of sp³-hybridized carbons (Fsp3) is 0.182. The number of tetrazole rings is 1. The number of nitrogens with zero attached hydrogens (tertiary/aromatic N) is 8. The van der Waals surface area contributed by atoms with Gasteiger partial charge in [0.15, 0.2) is 5.82 Å². The Morgan fingerprint density at radius 3 is 2.45 bits per heavy atom. The molecule has 0 saturated carbocycles. The quantitative estimate of drug-likeness (QED) is 0.296. The first kappa shape index (κ1) is 30.5. The van der Waals surface area contributed by atoms with Crippen LogP contribution in [0.1, 0.15) is 32.4 Å². The zero-order chi connectivity index (χ0) is 30.8. The molecule has 0 aliphatic rings. The Labute approximate surface area is 248 Å². The van der Waals surface area contributed by atoms with Crippen molar-refractivity contribution in [2.45, 2.75) is 12.7 Å². The molecular weight excluding hydrogens is 632 g/mol. The predicted octanol–water partition coefficient (Wildman–Crippen LogP) is 3.88. The number of hydrogen-bond donors (Lipinski definition) is 2. The molecule has 20 heteroatoms. The van der Waals surface area contributed by atoms with Gasteiger partial charge in [0.1, 0.15) is 12.2 Å². The molecule has 4 aromatic rings. The highest BCUT2D eigenvalue weighted by Gasteiger charge is 2.37. The zero-order valence-corrected chi connectivity index (χ0v) is 23.4. The Morgan fingerprint density at radius 2 is 1.81 bits per heavy atom. The Balaban J connectivity index is 1.72. The first-order valence-corrected chi connectivity index (χ1v) is 12.4. The van der Waals surface area contributed by atoms with Crippen LogP contribution in [0.15, 0.2) is 36.5 Å². The lowest BCUT2D eigenvalue weighted by Gasteiger charge is -2.19. The lowest BCUT2D eigenvalue weighted by molar-refractivity contribution is -0.145. The Kier molecular flexibility index (Phi) is 8.83. The summed E-state index contributed by atoms with van der Waals surface area (Å²) in [6.45, 7) is -0.421. The van der Waals surface area contributed by atoms with Crippen molar-refractivity contribution in [1.82, 2.24) is 45.4 Å². The molecule has 0 spiro atoms. The SMILES string of the molecule is COC(=O)N(C)NC(=O)c1cc(Cl)cc(Cl)c1NC(=O)c1cc(Cn2nnc(C(F)(F)F)n2)nn1-c1ncccc1Cl. The van der Waals surface area contributed by atoms with Crippen LogP contribution in [0.2, 0.25) is 15.1 Å². The molecule has 0 unspecified atom stereocenters. The van der Waals surface area contributed by atoms with Crippen LogP contribution < -0.4 is 10.7 Å². The maximum atomic E-state index is 13.6. The second kappa shape index (κ2) is 12.2. The van der Waals surface area contributed by atoms with Crippen LogP contribution in [0.4, 0.5) is 23.7 Å². The summed E-state index contributed by atoms with van der Waals surface area (Å²) in [5, 5.41) is 17.1. The Hall–Kier alpha value is -4.48. The number of carbonyl (C=O) groups excluding carboxylic acids is 3. The number of halogens is 6. The molecular formula is C22H16Cl3F3N10O4. The molecule has 3 heterocycles. The van der Waals surface area contributed by atoms with Gasteiger partial charge in [0.2, 0.25) is 0 Å². The van der Waals surface area contributed by atoms with Gasteiger partial charge in [0, 0.05) is 18.3 Å². The van der Waals surface area contributed by atoms with Crippen LogP contribution in [0.25, 0.3) is 5.82 Å². The maximum absolute atomic E-state index is 13.6. The van der Waals surface area contributed by atoms with Crippen LogP contribution in [0, 0.1) is 0 Å². The fourth-order valence-corrected chi connectivity index (χ4v) is 4.13. The van der Waals surface area contributed by atoms with Crippen molar-refractivity contribution in [3.63, 3.8) is 0 Å². The molecule has 0 saturated heterocycles. The minimum Gasteiger partial charge on any atom is -0.452 e. The van der Waals surface area contributed by atoms with E-state index in [0.717, 1.165) is 16.8 Å². The molecule has 2 N–H and O–H groups in total. The first-order valence-electron chi connectivity index (χ1n) is 11.3. The van der Waals surface area contributed by atoms with Gasteiger partial charge < -0.3 is 10.1 Å². The first-order chi connectivity index (χ1) is 19.8. The number of hydrazine groups is 1. The van der Waals surface area contributed by atoms with Gasteiger partial charge in [-0.25, -0.2) is 19.5 Å². The summed E-state index contributed by atoms with van der Waals surface area (Å²) in [5.74, 6) is -3.24. The van der Waals surface area contributed by atoms with Crippen molar-refractivity contribution in [3.05, 3.63) is 74.4 Å². The number of pyridine rings is 1. The smallest absolute Gasteiger partial charge is 0.452 e. The van der Waals surface area contributed by atoms with Gasteiger partial charge in [-0.1, -0.05) is 34.8 Å². The van der Waals surface area contributed by atoms with Crippen molar-refractivity contribution in [1.29, 1.82) is 0 Å². The summed E-state index contributed by atoms with van der Waals surface area (Å²) in [7, 11) is 2.32. The molecule has 0 bridgehead atoms. The lowest BCUT2D eigenvalue weighted by atomic mass is 10.1. The number of benzene rings is 1. The minimum absolute atomic E-state index is 0.00188. The van der Waals surface area contributed by atoms with E-state index >= 15 is 0 Å². The van der Waals surface area contributed by atoms with Gasteiger partial charge in [-0.2, -0.15) is 23.1 Å². The number of hydrogen-bond acceptors (Lipinski definition) is 9. The van der Waals surface area contributed by atoms with E-state index in [1.54, 1.807) is 0 Å². The number of aromatic nitrogens is 7. The number of carbonyl (C=O) groups is 3. The van der Waals surface area contributed by atoms with Gasteiger partial charge in [-0.15, -0.1) is 10.2 Å². The normalized spacial score (nSPS) is 11.2. The fourth-order valence-electron chi connectivity index (χ4n) is 3.38. The van der Waals surface area contributed by atoms with Crippen molar-refractivity contribution in [3.8, 4) is 5.82 Å². The highest BCUT2D eigenvalue weighted by molar-refractivity contribution is 6.38. The molecule has 0 aliphatic heterocycles. The van der Waals surface area contributed by atoms with E-state index in [2.05, 4.69) is 41.0 Å². The third-order valence-electron chi connectivity index (χ3n) is 5.20. The predicted molar refractivity (Wildman–Crippen MR) is 140 cm³/mol. The van der Waals surface area contributed by atoms with E-state index in [1.165, 1.54) is 43.6 Å². The summed E-state index contributed by atoms with van der Waals surface area (Å²) in [6, 6.07) is 6.66. The molecule has 1 aromatic carbocycles. The second-order valence-corrected chi connectivity index (χ2v) is 9.37. The molecule has 3 aromatic heterocycles. The Morgan fingerprint density at radius 1 is 1.07 bits per heavy atom. The molecule has 220 valence electrons. The summed E-state index contributed by atoms with van der Waals surface area (Å²) < 4.78 is 44.3. The minimum atomic E-state index is -4.82. The van der Waals surface area contributed by atoms with Crippen molar-refractivity contribution in [2.24, 2.45) is 0 Å². The second-order valence-electron chi connectivity index (χ2n) is 8.12. The standard InChI is InChI=1S/C22H16Cl3F3N10O4/c1-36(21(41)42-2)33-18(39)12-6-10(23)7-14(25)16(12)30-19(40)15-8-11(9-37-34-20(31-35-37)22(26,27)28)32-38(15)17-13(24)4-3-5-29-17/h3-8H,9H2,1-2H3,(H,30,40)(H,33,39). The van der Waals surface area contributed by atoms with Crippen LogP contribution in [0.3, 0.4) is 0 Å². The topological polar surface area (TPSA) is 162 Å². The maximum Gasteiger partial charge on any atom is 0.455 e. The zero-order valence-electron chi connectivity index (χ0n) is 21.1. The van der Waals surface area contributed by atoms with Crippen LogP contribution >= 0.6 is 34.8 Å². The summed E-state index contributed by atoms with van der Waals surface area (Å²) >= 11 is 18.6. The highest BCUT2D eigenvalue weighted by Crippen LogP contribution is 2.31. The molecule has 0 aliphatic carbocycles. The third kappa shape index (κ3) is 6.69. The van der Waals surface area contributed by atoms with Crippen molar-refractivity contribution < 1.29 is 32.3 Å². The monoisotopic (exact) mass is 646 g/mol. The van der Waals surface area contributed by atoms with Gasteiger partial charge in [-0.05, 0) is 35.5 Å². The number of ether oxygens (including phenoxy) is 1. The highest BCUT2D eigenvalue weighted by atomic mass is 35.5. The van der Waals surface area contributed by atoms with Crippen LogP contribution in [-0.4, -0.2) is 72.0 Å². The average Bonchev–Trinajstić information content (AvgIpc) is 3.57. The summed E-state index contributed by atoms with van der Waals surface area (Å²) in [5.41, 5.74) is 1.62. The number of rotatable bonds is 6. The largest absolute Gasteiger partial charge is 0.455 e. The van der Waals surface area contributed by atoms with Gasteiger partial charge in [0.25, 0.3) is 17.6 Å². The molecule has 0 radical (unpaired) electrons. The van der Waals surface area contributed by atoms with E-state index < -0.39 is 36.5 Å². The van der Waals surface area contributed by atoms with Crippen molar-refractivity contribution >= 4 is 58.4 Å². The van der Waals surface area contributed by atoms with E-state index in [4.69, 9.17) is 34.8 Å². The van der Waals surface area contributed by atoms with Gasteiger partial charge in [0.05, 0.1) is 34.1 Å². The van der Waals surface area contributed by atoms with E-state index in [-0.39, 0.29) is 43.5 Å².